The average Bonchev–Trinajstić information content (AvgIpc) is 3.56. The highest BCUT2D eigenvalue weighted by molar-refractivity contribution is 6.33. The zero-order valence-corrected chi connectivity index (χ0v) is 21.8. The van der Waals surface area contributed by atoms with Gasteiger partial charge in [-0.25, -0.2) is 0 Å². The highest BCUT2D eigenvalue weighted by Gasteiger charge is 2.58. The van der Waals surface area contributed by atoms with Crippen LogP contribution in [0.2, 0.25) is 10.0 Å². The summed E-state index contributed by atoms with van der Waals surface area (Å²) < 4.78 is 46.4. The van der Waals surface area contributed by atoms with Crippen LogP contribution < -0.4 is 5.32 Å². The lowest BCUT2D eigenvalue weighted by Crippen LogP contribution is -2.34. The van der Waals surface area contributed by atoms with Gasteiger partial charge in [0.2, 0.25) is 5.91 Å². The fourth-order valence-electron chi connectivity index (χ4n) is 3.97. The van der Waals surface area contributed by atoms with Crippen LogP contribution in [0.25, 0.3) is 0 Å². The molecule has 2 aromatic rings. The lowest BCUT2D eigenvalue weighted by Gasteiger charge is -2.27. The average molecular weight is 546 g/mol. The Kier molecular flexibility index (Phi) is 8.04. The van der Waals surface area contributed by atoms with E-state index in [0.717, 1.165) is 6.92 Å². The lowest BCUT2D eigenvalue weighted by molar-refractivity contribution is -0.178. The maximum absolute atomic E-state index is 13.6. The molecule has 0 spiro atoms. The molecule has 1 aliphatic carbocycles. The molecular formula is C26H28Cl2F3NO4. The Morgan fingerprint density at radius 2 is 1.58 bits per heavy atom. The van der Waals surface area contributed by atoms with Gasteiger partial charge in [-0.05, 0) is 69.0 Å². The van der Waals surface area contributed by atoms with Gasteiger partial charge in [-0.1, -0.05) is 48.3 Å². The molecule has 0 saturated heterocycles. The molecule has 0 aliphatic heterocycles. The van der Waals surface area contributed by atoms with Gasteiger partial charge in [0.25, 0.3) is 0 Å². The molecule has 1 aliphatic rings. The third-order valence-electron chi connectivity index (χ3n) is 6.21. The van der Waals surface area contributed by atoms with Crippen molar-refractivity contribution in [2.75, 3.05) is 5.32 Å². The molecule has 196 valence electrons. The van der Waals surface area contributed by atoms with Crippen LogP contribution in [0.5, 0.6) is 0 Å². The zero-order chi connectivity index (χ0) is 27.1. The molecule has 2 aromatic carbocycles. The van der Waals surface area contributed by atoms with Crippen LogP contribution in [0, 0.1) is 11.3 Å². The number of rotatable bonds is 7. The Morgan fingerprint density at radius 1 is 1.03 bits per heavy atom. The molecular weight excluding hydrogens is 518 g/mol. The number of amides is 1. The fourth-order valence-corrected chi connectivity index (χ4v) is 4.26. The van der Waals surface area contributed by atoms with Crippen LogP contribution >= 0.6 is 23.2 Å². The summed E-state index contributed by atoms with van der Waals surface area (Å²) in [7, 11) is 0. The molecule has 3 rings (SSSR count). The van der Waals surface area contributed by atoms with Gasteiger partial charge in [-0.2, -0.15) is 13.2 Å². The van der Waals surface area contributed by atoms with E-state index in [9.17, 15) is 27.9 Å². The first-order valence-electron chi connectivity index (χ1n) is 11.4. The van der Waals surface area contributed by atoms with E-state index in [1.165, 1.54) is 42.5 Å². The summed E-state index contributed by atoms with van der Waals surface area (Å²) in [6.07, 6.45) is -5.07. The second-order valence-corrected chi connectivity index (χ2v) is 11.0. The molecule has 36 heavy (non-hydrogen) atoms. The Labute approximate surface area is 217 Å². The molecule has 1 fully saturated rings. The van der Waals surface area contributed by atoms with Crippen molar-refractivity contribution >= 4 is 40.8 Å². The monoisotopic (exact) mass is 545 g/mol. The summed E-state index contributed by atoms with van der Waals surface area (Å²) in [6.45, 7) is 6.10. The standard InChI is InChI=1S/C26H28Cl2F3NO4/c1-14(26(29,30)31)20(15-5-8-17(27)9-6-15)22(34)32-19-13-16(7-10-18(19)28)21(33)25(11-12-25)23(35)36-24(2,3)4/h5-10,13-14,20-21,33H,11-12H2,1-4H3,(H,32,34)/t14-,20+,21?/m1/s1. The van der Waals surface area contributed by atoms with Crippen LogP contribution in [-0.4, -0.2) is 28.8 Å². The topological polar surface area (TPSA) is 75.6 Å². The third kappa shape index (κ3) is 6.33. The largest absolute Gasteiger partial charge is 0.459 e. The Bertz CT molecular complexity index is 1130. The minimum atomic E-state index is -4.64. The number of aliphatic hydroxyl groups is 1. The molecule has 0 radical (unpaired) electrons. The number of hydrogen-bond acceptors (Lipinski definition) is 4. The Hall–Kier alpha value is -2.29. The number of halogens is 5. The van der Waals surface area contributed by atoms with E-state index < -0.39 is 47.0 Å². The molecule has 0 bridgehead atoms. The number of carbonyl (C=O) groups excluding carboxylic acids is 2. The van der Waals surface area contributed by atoms with Crippen molar-refractivity contribution < 1.29 is 32.6 Å². The van der Waals surface area contributed by atoms with Gasteiger partial charge >= 0.3 is 12.1 Å². The summed E-state index contributed by atoms with van der Waals surface area (Å²) in [5.74, 6) is -5.05. The number of ether oxygens (including phenoxy) is 1. The first-order valence-corrected chi connectivity index (χ1v) is 12.1. The van der Waals surface area contributed by atoms with Gasteiger partial charge in [-0.15, -0.1) is 0 Å². The van der Waals surface area contributed by atoms with Gasteiger partial charge < -0.3 is 15.2 Å². The van der Waals surface area contributed by atoms with E-state index >= 15 is 0 Å². The molecule has 0 aromatic heterocycles. The smallest absolute Gasteiger partial charge is 0.392 e. The van der Waals surface area contributed by atoms with Gasteiger partial charge in [0, 0.05) is 5.02 Å². The summed E-state index contributed by atoms with van der Waals surface area (Å²) in [5.41, 5.74) is -1.43. The fraction of sp³-hybridized carbons (Fsp3) is 0.462. The maximum Gasteiger partial charge on any atom is 0.392 e. The summed E-state index contributed by atoms with van der Waals surface area (Å²) in [4.78, 5) is 25.9. The van der Waals surface area contributed by atoms with Crippen molar-refractivity contribution in [3.63, 3.8) is 0 Å². The van der Waals surface area contributed by atoms with E-state index in [4.69, 9.17) is 27.9 Å². The minimum Gasteiger partial charge on any atom is -0.459 e. The van der Waals surface area contributed by atoms with E-state index in [2.05, 4.69) is 5.32 Å². The summed E-state index contributed by atoms with van der Waals surface area (Å²) in [6, 6.07) is 9.84. The van der Waals surface area contributed by atoms with Crippen molar-refractivity contribution in [1.29, 1.82) is 0 Å². The van der Waals surface area contributed by atoms with Crippen molar-refractivity contribution in [2.45, 2.75) is 64.3 Å². The van der Waals surface area contributed by atoms with Gasteiger partial charge in [0.15, 0.2) is 0 Å². The predicted molar refractivity (Wildman–Crippen MR) is 132 cm³/mol. The molecule has 10 heteroatoms. The lowest BCUT2D eigenvalue weighted by atomic mass is 9.85. The number of aliphatic hydroxyl groups excluding tert-OH is 1. The molecule has 5 nitrogen and oxygen atoms in total. The molecule has 2 N–H and O–H groups in total. The summed E-state index contributed by atoms with van der Waals surface area (Å²) >= 11 is 12.1. The number of carbonyl (C=O) groups is 2. The molecule has 1 unspecified atom stereocenters. The second-order valence-electron chi connectivity index (χ2n) is 10.1. The molecule has 1 saturated carbocycles. The van der Waals surface area contributed by atoms with Crippen LogP contribution in [0.15, 0.2) is 42.5 Å². The highest BCUT2D eigenvalue weighted by Crippen LogP contribution is 2.56. The van der Waals surface area contributed by atoms with Gasteiger partial charge in [0.05, 0.1) is 34.1 Å². The van der Waals surface area contributed by atoms with Crippen LogP contribution in [0.1, 0.15) is 63.7 Å². The number of benzene rings is 2. The van der Waals surface area contributed by atoms with Crippen molar-refractivity contribution in [3.05, 3.63) is 63.6 Å². The zero-order valence-electron chi connectivity index (χ0n) is 20.2. The van der Waals surface area contributed by atoms with Gasteiger partial charge in [0.1, 0.15) is 5.60 Å². The predicted octanol–water partition coefficient (Wildman–Crippen LogP) is 7.07. The van der Waals surface area contributed by atoms with E-state index in [1.54, 1.807) is 20.8 Å². The first kappa shape index (κ1) is 28.3. The maximum atomic E-state index is 13.6. The van der Waals surface area contributed by atoms with E-state index in [-0.39, 0.29) is 21.8 Å². The van der Waals surface area contributed by atoms with E-state index in [1.807, 2.05) is 0 Å². The molecule has 3 atom stereocenters. The van der Waals surface area contributed by atoms with Crippen LogP contribution in [-0.2, 0) is 14.3 Å². The Balaban J connectivity index is 1.89. The van der Waals surface area contributed by atoms with Crippen molar-refractivity contribution in [1.82, 2.24) is 0 Å². The third-order valence-corrected chi connectivity index (χ3v) is 6.79. The van der Waals surface area contributed by atoms with Crippen LogP contribution in [0.4, 0.5) is 18.9 Å². The second kappa shape index (κ2) is 10.2. The minimum absolute atomic E-state index is 0.0199. The molecule has 0 heterocycles. The van der Waals surface area contributed by atoms with Crippen LogP contribution in [0.3, 0.4) is 0 Å². The number of esters is 1. The quantitative estimate of drug-likeness (QED) is 0.365. The summed E-state index contributed by atoms with van der Waals surface area (Å²) in [5, 5.41) is 13.9. The molecule has 1 amide bonds. The number of anilines is 1. The number of nitrogens with one attached hydrogen (secondary N) is 1. The number of hydrogen-bond donors (Lipinski definition) is 2. The van der Waals surface area contributed by atoms with Crippen molar-refractivity contribution in [3.8, 4) is 0 Å². The number of alkyl halides is 3. The van der Waals surface area contributed by atoms with Crippen molar-refractivity contribution in [2.24, 2.45) is 11.3 Å². The highest BCUT2D eigenvalue weighted by atomic mass is 35.5. The van der Waals surface area contributed by atoms with E-state index in [0.29, 0.717) is 17.9 Å². The Morgan fingerprint density at radius 3 is 2.08 bits per heavy atom. The SMILES string of the molecule is C[C@H]([C@H](C(=O)Nc1cc(C(O)C2(C(=O)OC(C)(C)C)CC2)ccc1Cl)c1ccc(Cl)cc1)C(F)(F)F. The van der Waals surface area contributed by atoms with Gasteiger partial charge in [-0.3, -0.25) is 9.59 Å². The first-order chi connectivity index (χ1) is 16.5. The normalized spacial score (nSPS) is 17.6.